The molecule has 0 atom stereocenters. The lowest BCUT2D eigenvalue weighted by Crippen LogP contribution is -2.42. The molecule has 0 saturated heterocycles. The summed E-state index contributed by atoms with van der Waals surface area (Å²) in [5, 5.41) is 1.18. The number of hydrogen-bond donors (Lipinski definition) is 2. The van der Waals surface area contributed by atoms with E-state index in [4.69, 9.17) is 15.2 Å². The zero-order valence-electron chi connectivity index (χ0n) is 19.1. The monoisotopic (exact) mass is 485 g/mol. The molecular formula is C26H29ClFN3O3. The second-order valence-electron chi connectivity index (χ2n) is 8.73. The first-order valence-electron chi connectivity index (χ1n) is 11.4. The Labute approximate surface area is 204 Å². The Morgan fingerprint density at radius 1 is 1.29 bits per heavy atom. The Bertz CT molecular complexity index is 1240. The number of nitrogens with one attached hydrogen (secondary N) is 1. The van der Waals surface area contributed by atoms with Crippen LogP contribution in [0.15, 0.2) is 42.2 Å². The van der Waals surface area contributed by atoms with Crippen molar-refractivity contribution in [3.05, 3.63) is 64.7 Å². The maximum Gasteiger partial charge on any atom is 0.249 e. The molecule has 34 heavy (non-hydrogen) atoms. The minimum absolute atomic E-state index is 0. The van der Waals surface area contributed by atoms with Crippen molar-refractivity contribution >= 4 is 35.3 Å². The number of nitrogens with two attached hydrogens (primary N) is 1. The first-order chi connectivity index (χ1) is 16.0. The quantitative estimate of drug-likeness (QED) is 0.467. The predicted octanol–water partition coefficient (Wildman–Crippen LogP) is 5.06. The van der Waals surface area contributed by atoms with Gasteiger partial charge in [0.05, 0.1) is 18.4 Å². The first-order valence-corrected chi connectivity index (χ1v) is 11.4. The minimum Gasteiger partial charge on any atom is -0.497 e. The van der Waals surface area contributed by atoms with Gasteiger partial charge >= 0.3 is 0 Å². The second kappa shape index (κ2) is 9.97. The summed E-state index contributed by atoms with van der Waals surface area (Å²) in [7, 11) is 1.68. The summed E-state index contributed by atoms with van der Waals surface area (Å²) < 4.78 is 25.5. The molecule has 1 fully saturated rings. The molecule has 0 bridgehead atoms. The molecule has 2 heterocycles. The highest BCUT2D eigenvalue weighted by atomic mass is 35.5. The maximum absolute atomic E-state index is 14.3. The molecule has 0 spiro atoms. The van der Waals surface area contributed by atoms with E-state index in [1.807, 2.05) is 18.2 Å². The molecule has 180 valence electrons. The van der Waals surface area contributed by atoms with E-state index in [0.29, 0.717) is 11.6 Å². The van der Waals surface area contributed by atoms with Crippen LogP contribution in [-0.2, 0) is 6.42 Å². The highest BCUT2D eigenvalue weighted by Crippen LogP contribution is 2.36. The number of aromatic nitrogens is 1. The van der Waals surface area contributed by atoms with Crippen molar-refractivity contribution in [2.75, 3.05) is 20.3 Å². The molecule has 2 aliphatic rings. The largest absolute Gasteiger partial charge is 0.497 e. The van der Waals surface area contributed by atoms with Crippen molar-refractivity contribution in [2.24, 2.45) is 5.73 Å². The molecule has 1 saturated carbocycles. The Morgan fingerprint density at radius 3 is 2.82 bits per heavy atom. The number of carbonyl (C=O) groups is 1. The number of methoxy groups -OCH3 is 1. The van der Waals surface area contributed by atoms with E-state index in [0.717, 1.165) is 49.2 Å². The van der Waals surface area contributed by atoms with E-state index < -0.39 is 11.7 Å². The van der Waals surface area contributed by atoms with Gasteiger partial charge in [0.25, 0.3) is 0 Å². The van der Waals surface area contributed by atoms with Crippen molar-refractivity contribution in [2.45, 2.75) is 38.1 Å². The molecule has 1 amide bonds. The lowest BCUT2D eigenvalue weighted by atomic mass is 9.90. The van der Waals surface area contributed by atoms with Crippen LogP contribution >= 0.6 is 12.4 Å². The van der Waals surface area contributed by atoms with Gasteiger partial charge in [-0.3, -0.25) is 4.79 Å². The second-order valence-corrected chi connectivity index (χ2v) is 8.73. The summed E-state index contributed by atoms with van der Waals surface area (Å²) in [4.78, 5) is 17.6. The number of nitrogens with zero attached hydrogens (tertiary/aromatic N) is 1. The molecule has 1 aliphatic carbocycles. The van der Waals surface area contributed by atoms with Crippen LogP contribution in [0.2, 0.25) is 0 Å². The van der Waals surface area contributed by atoms with E-state index >= 15 is 0 Å². The summed E-state index contributed by atoms with van der Waals surface area (Å²) in [6.07, 6.45) is 9.28. The van der Waals surface area contributed by atoms with Crippen molar-refractivity contribution in [1.82, 2.24) is 9.88 Å². The minimum atomic E-state index is -0.586. The highest BCUT2D eigenvalue weighted by Gasteiger charge is 2.30. The fourth-order valence-corrected chi connectivity index (χ4v) is 4.79. The third-order valence-electron chi connectivity index (χ3n) is 6.79. The summed E-state index contributed by atoms with van der Waals surface area (Å²) in [5.41, 5.74) is 9.59. The number of ether oxygens (including phenoxy) is 2. The summed E-state index contributed by atoms with van der Waals surface area (Å²) >= 11 is 0. The number of amides is 1. The number of carbonyl (C=O) groups excluding carboxylic acids is 1. The van der Waals surface area contributed by atoms with Crippen LogP contribution in [0.3, 0.4) is 0 Å². The maximum atomic E-state index is 14.3. The third-order valence-corrected chi connectivity index (χ3v) is 6.79. The van der Waals surface area contributed by atoms with Crippen LogP contribution in [0, 0.1) is 5.82 Å². The topological polar surface area (TPSA) is 80.6 Å². The average molecular weight is 486 g/mol. The molecule has 0 radical (unpaired) electrons. The first kappa shape index (κ1) is 24.0. The van der Waals surface area contributed by atoms with Crippen LogP contribution in [-0.4, -0.2) is 42.1 Å². The zero-order chi connectivity index (χ0) is 22.9. The highest BCUT2D eigenvalue weighted by molar-refractivity contribution is 5.98. The number of primary amides is 1. The van der Waals surface area contributed by atoms with Gasteiger partial charge in [0.15, 0.2) is 11.6 Å². The fourth-order valence-electron chi connectivity index (χ4n) is 4.79. The van der Waals surface area contributed by atoms with E-state index in [1.54, 1.807) is 7.11 Å². The summed E-state index contributed by atoms with van der Waals surface area (Å²) in [6, 6.07) is 9.16. The van der Waals surface area contributed by atoms with Crippen molar-refractivity contribution < 1.29 is 18.7 Å². The normalized spacial score (nSPS) is 14.9. The number of halogens is 2. The predicted molar refractivity (Wildman–Crippen MR) is 133 cm³/mol. The number of aryl methyl sites for hydroxylation is 1. The van der Waals surface area contributed by atoms with Gasteiger partial charge in [-0.05, 0) is 74.1 Å². The molecule has 6 nitrogen and oxygen atoms in total. The fraction of sp³-hybridized carbons (Fsp3) is 0.346. The van der Waals surface area contributed by atoms with Gasteiger partial charge < -0.3 is 25.1 Å². The van der Waals surface area contributed by atoms with Gasteiger partial charge in [-0.25, -0.2) is 4.39 Å². The Hall–Kier alpha value is -3.19. The molecule has 3 aromatic rings. The number of aromatic amines is 1. The molecular weight excluding hydrogens is 457 g/mol. The van der Waals surface area contributed by atoms with Gasteiger partial charge in [-0.2, -0.15) is 0 Å². The van der Waals surface area contributed by atoms with Gasteiger partial charge in [-0.15, -0.1) is 12.4 Å². The molecule has 0 unspecified atom stereocenters. The number of hydrogen-bond acceptors (Lipinski definition) is 4. The van der Waals surface area contributed by atoms with E-state index in [1.165, 1.54) is 29.5 Å². The van der Waals surface area contributed by atoms with Gasteiger partial charge in [0.1, 0.15) is 12.4 Å². The Morgan fingerprint density at radius 2 is 2.12 bits per heavy atom. The molecule has 3 N–H and O–H groups in total. The van der Waals surface area contributed by atoms with Gasteiger partial charge in [-0.1, -0.05) is 0 Å². The average Bonchev–Trinajstić information content (AvgIpc) is 3.19. The van der Waals surface area contributed by atoms with Crippen LogP contribution < -0.4 is 15.2 Å². The molecule has 1 aliphatic heterocycles. The van der Waals surface area contributed by atoms with Gasteiger partial charge in [0.2, 0.25) is 5.91 Å². The number of rotatable bonds is 8. The molecule has 8 heteroatoms. The summed E-state index contributed by atoms with van der Waals surface area (Å²) in [5.74, 6) is -0.107. The van der Waals surface area contributed by atoms with E-state index in [9.17, 15) is 9.18 Å². The molecule has 2 aromatic carbocycles. The van der Waals surface area contributed by atoms with Crippen molar-refractivity contribution in [1.29, 1.82) is 0 Å². The molecule has 1 aromatic heterocycles. The number of benzene rings is 2. The zero-order valence-corrected chi connectivity index (χ0v) is 19.9. The third kappa shape index (κ3) is 4.44. The Balaban J connectivity index is 0.00000274. The van der Waals surface area contributed by atoms with E-state index in [2.05, 4.69) is 22.1 Å². The van der Waals surface area contributed by atoms with E-state index in [-0.39, 0.29) is 30.3 Å². The van der Waals surface area contributed by atoms with Crippen LogP contribution in [0.5, 0.6) is 11.5 Å². The van der Waals surface area contributed by atoms with Crippen LogP contribution in [0.4, 0.5) is 4.39 Å². The van der Waals surface area contributed by atoms with Gasteiger partial charge in [0, 0.05) is 35.2 Å². The SMILES string of the molecule is COc1ccc2[nH]cc(CCCN(C3=Cc4c(C(N)=O)ccc(F)c4OC3)C3CCC3)c2c1.Cl. The standard InChI is InChI=1S/C26H28FN3O3.ClH/c1-32-19-7-10-24-21(13-19)16(14-29-24)4-3-11-30(17-5-2-6-17)18-12-22-20(26(28)31)8-9-23(27)25(22)33-15-18;/h7-10,12-14,17,29H,2-6,11,15H2,1H3,(H2,28,31);1H. The Kier molecular flexibility index (Phi) is 7.03. The summed E-state index contributed by atoms with van der Waals surface area (Å²) in [6.45, 7) is 1.14. The van der Waals surface area contributed by atoms with Crippen molar-refractivity contribution in [3.63, 3.8) is 0 Å². The molecule has 5 rings (SSSR count). The lowest BCUT2D eigenvalue weighted by Gasteiger charge is -2.41. The smallest absolute Gasteiger partial charge is 0.249 e. The number of fused-ring (bicyclic) bond motifs is 2. The lowest BCUT2D eigenvalue weighted by molar-refractivity contribution is 0.0999. The van der Waals surface area contributed by atoms with Crippen LogP contribution in [0.1, 0.15) is 47.2 Å². The number of H-pyrrole nitrogens is 1. The van der Waals surface area contributed by atoms with Crippen molar-refractivity contribution in [3.8, 4) is 11.5 Å². The van der Waals surface area contributed by atoms with Crippen LogP contribution in [0.25, 0.3) is 17.0 Å².